The van der Waals surface area contributed by atoms with Crippen LogP contribution in [0.15, 0.2) is 29.6 Å². The molecule has 3 rings (SSSR count). The summed E-state index contributed by atoms with van der Waals surface area (Å²) in [5, 5.41) is 6.87. The lowest BCUT2D eigenvalue weighted by Crippen LogP contribution is -2.27. The van der Waals surface area contributed by atoms with Crippen molar-refractivity contribution >= 4 is 28.8 Å². The number of rotatable bonds is 5. The third-order valence-electron chi connectivity index (χ3n) is 3.73. The Bertz CT molecular complexity index is 638. The zero-order valence-electron chi connectivity index (χ0n) is 11.8. The standard InChI is InChI=1S/C16H17ClN2OS/c1-10-9-21-15(19-10)6-7-18-16(20)14-8-13(14)11-2-4-12(17)5-3-11/h2-5,9,13-14H,6-8H2,1H3,(H,18,20)/t13-,14+/m0/s1. The van der Waals surface area contributed by atoms with E-state index < -0.39 is 0 Å². The van der Waals surface area contributed by atoms with Gasteiger partial charge in [-0.3, -0.25) is 4.79 Å². The zero-order valence-corrected chi connectivity index (χ0v) is 13.4. The fourth-order valence-electron chi connectivity index (χ4n) is 2.50. The monoisotopic (exact) mass is 320 g/mol. The van der Waals surface area contributed by atoms with Crippen LogP contribution in [-0.2, 0) is 11.2 Å². The number of amides is 1. The van der Waals surface area contributed by atoms with Gasteiger partial charge in [0, 0.05) is 35.0 Å². The first-order valence-electron chi connectivity index (χ1n) is 7.07. The first-order valence-corrected chi connectivity index (χ1v) is 8.33. The van der Waals surface area contributed by atoms with Gasteiger partial charge >= 0.3 is 0 Å². The van der Waals surface area contributed by atoms with Crippen LogP contribution in [0.2, 0.25) is 5.02 Å². The van der Waals surface area contributed by atoms with E-state index in [1.54, 1.807) is 11.3 Å². The molecule has 0 unspecified atom stereocenters. The maximum Gasteiger partial charge on any atom is 0.223 e. The van der Waals surface area contributed by atoms with E-state index in [1.165, 1.54) is 5.56 Å². The summed E-state index contributed by atoms with van der Waals surface area (Å²) in [7, 11) is 0. The van der Waals surface area contributed by atoms with Crippen LogP contribution in [0.1, 0.15) is 28.6 Å². The molecule has 0 bridgehead atoms. The number of carbonyl (C=O) groups excluding carboxylic acids is 1. The summed E-state index contributed by atoms with van der Waals surface area (Å²) in [5.41, 5.74) is 2.25. The fourth-order valence-corrected chi connectivity index (χ4v) is 3.41. The van der Waals surface area contributed by atoms with E-state index in [-0.39, 0.29) is 11.8 Å². The van der Waals surface area contributed by atoms with Crippen LogP contribution < -0.4 is 5.32 Å². The van der Waals surface area contributed by atoms with Gasteiger partial charge in [-0.1, -0.05) is 23.7 Å². The first kappa shape index (κ1) is 14.5. The van der Waals surface area contributed by atoms with E-state index >= 15 is 0 Å². The van der Waals surface area contributed by atoms with Gasteiger partial charge in [0.15, 0.2) is 0 Å². The van der Waals surface area contributed by atoms with Crippen LogP contribution in [0.3, 0.4) is 0 Å². The highest BCUT2D eigenvalue weighted by Crippen LogP contribution is 2.47. The molecular formula is C16H17ClN2OS. The molecule has 2 atom stereocenters. The summed E-state index contributed by atoms with van der Waals surface area (Å²) in [6, 6.07) is 7.79. The number of hydrogen-bond donors (Lipinski definition) is 1. The first-order chi connectivity index (χ1) is 10.1. The number of hydrogen-bond acceptors (Lipinski definition) is 3. The second-order valence-corrected chi connectivity index (χ2v) is 6.80. The van der Waals surface area contributed by atoms with Gasteiger partial charge in [0.05, 0.1) is 5.01 Å². The number of aromatic nitrogens is 1. The van der Waals surface area contributed by atoms with Gasteiger partial charge in [0.25, 0.3) is 0 Å². The predicted octanol–water partition coefficient (Wildman–Crippen LogP) is 3.57. The minimum atomic E-state index is 0.115. The summed E-state index contributed by atoms with van der Waals surface area (Å²) >= 11 is 7.53. The van der Waals surface area contributed by atoms with Gasteiger partial charge in [-0.2, -0.15) is 0 Å². The molecule has 1 amide bonds. The molecule has 0 aliphatic heterocycles. The van der Waals surface area contributed by atoms with Crippen molar-refractivity contribution in [2.75, 3.05) is 6.54 Å². The third-order valence-corrected chi connectivity index (χ3v) is 5.01. The van der Waals surface area contributed by atoms with Crippen LogP contribution >= 0.6 is 22.9 Å². The number of halogens is 1. The zero-order chi connectivity index (χ0) is 14.8. The predicted molar refractivity (Wildman–Crippen MR) is 85.9 cm³/mol. The van der Waals surface area contributed by atoms with Crippen molar-refractivity contribution in [2.45, 2.75) is 25.7 Å². The Balaban J connectivity index is 1.46. The highest BCUT2D eigenvalue weighted by Gasteiger charge is 2.43. The Hall–Kier alpha value is -1.39. The maximum atomic E-state index is 12.1. The topological polar surface area (TPSA) is 42.0 Å². The lowest BCUT2D eigenvalue weighted by atomic mass is 10.1. The van der Waals surface area contributed by atoms with Crippen LogP contribution in [0, 0.1) is 12.8 Å². The second kappa shape index (κ2) is 6.16. The van der Waals surface area contributed by atoms with Crippen molar-refractivity contribution in [2.24, 2.45) is 5.92 Å². The molecule has 5 heteroatoms. The number of thiazole rings is 1. The molecule has 1 heterocycles. The Kier molecular flexibility index (Phi) is 4.27. The summed E-state index contributed by atoms with van der Waals surface area (Å²) in [4.78, 5) is 16.5. The Morgan fingerprint density at radius 2 is 2.19 bits per heavy atom. The number of nitrogens with zero attached hydrogens (tertiary/aromatic N) is 1. The minimum Gasteiger partial charge on any atom is -0.355 e. The molecule has 3 nitrogen and oxygen atoms in total. The highest BCUT2D eigenvalue weighted by atomic mass is 35.5. The SMILES string of the molecule is Cc1csc(CCNC(=O)[C@@H]2C[C@H]2c2ccc(Cl)cc2)n1. The Labute approximate surface area is 133 Å². The van der Waals surface area contributed by atoms with Gasteiger partial charge < -0.3 is 5.32 Å². The van der Waals surface area contributed by atoms with Gasteiger partial charge in [0.1, 0.15) is 0 Å². The molecule has 1 aliphatic rings. The van der Waals surface area contributed by atoms with E-state index in [4.69, 9.17) is 11.6 Å². The molecule has 21 heavy (non-hydrogen) atoms. The van der Waals surface area contributed by atoms with Gasteiger partial charge in [-0.15, -0.1) is 11.3 Å². The summed E-state index contributed by atoms with van der Waals surface area (Å²) < 4.78 is 0. The molecular weight excluding hydrogens is 304 g/mol. The van der Waals surface area contributed by atoms with Crippen LogP contribution in [0.5, 0.6) is 0 Å². The number of benzene rings is 1. The van der Waals surface area contributed by atoms with Crippen molar-refractivity contribution < 1.29 is 4.79 Å². The Morgan fingerprint density at radius 3 is 2.86 bits per heavy atom. The molecule has 1 N–H and O–H groups in total. The highest BCUT2D eigenvalue weighted by molar-refractivity contribution is 7.09. The fraction of sp³-hybridized carbons (Fsp3) is 0.375. The molecule has 1 aliphatic carbocycles. The molecule has 0 radical (unpaired) electrons. The van der Waals surface area contributed by atoms with Crippen LogP contribution in [0.25, 0.3) is 0 Å². The van der Waals surface area contributed by atoms with Crippen molar-refractivity contribution in [3.63, 3.8) is 0 Å². The van der Waals surface area contributed by atoms with Crippen molar-refractivity contribution in [3.8, 4) is 0 Å². The largest absolute Gasteiger partial charge is 0.355 e. The normalized spacial score (nSPS) is 20.3. The molecule has 1 fully saturated rings. The minimum absolute atomic E-state index is 0.115. The molecule has 110 valence electrons. The van der Waals surface area contributed by atoms with E-state index in [2.05, 4.69) is 10.3 Å². The maximum absolute atomic E-state index is 12.1. The quantitative estimate of drug-likeness (QED) is 0.915. The third kappa shape index (κ3) is 3.63. The molecule has 2 aromatic rings. The number of carbonyl (C=O) groups is 1. The molecule has 0 spiro atoms. The number of aryl methyl sites for hydroxylation is 1. The Morgan fingerprint density at radius 1 is 1.43 bits per heavy atom. The van der Waals surface area contributed by atoms with E-state index in [0.717, 1.165) is 28.6 Å². The molecule has 1 aromatic heterocycles. The average molecular weight is 321 g/mol. The molecule has 1 aromatic carbocycles. The lowest BCUT2D eigenvalue weighted by Gasteiger charge is -2.04. The van der Waals surface area contributed by atoms with Crippen molar-refractivity contribution in [1.29, 1.82) is 0 Å². The van der Waals surface area contributed by atoms with Crippen LogP contribution in [0.4, 0.5) is 0 Å². The second-order valence-electron chi connectivity index (χ2n) is 5.42. The van der Waals surface area contributed by atoms with Crippen molar-refractivity contribution in [1.82, 2.24) is 10.3 Å². The lowest BCUT2D eigenvalue weighted by molar-refractivity contribution is -0.122. The van der Waals surface area contributed by atoms with E-state index in [0.29, 0.717) is 12.5 Å². The van der Waals surface area contributed by atoms with E-state index in [9.17, 15) is 4.79 Å². The average Bonchev–Trinajstić information content (AvgIpc) is 3.16. The number of nitrogens with one attached hydrogen (secondary N) is 1. The van der Waals surface area contributed by atoms with Gasteiger partial charge in [-0.05, 0) is 37.0 Å². The summed E-state index contributed by atoms with van der Waals surface area (Å²) in [6.07, 6.45) is 1.74. The molecule has 0 saturated heterocycles. The smallest absolute Gasteiger partial charge is 0.223 e. The van der Waals surface area contributed by atoms with Crippen molar-refractivity contribution in [3.05, 3.63) is 50.9 Å². The van der Waals surface area contributed by atoms with E-state index in [1.807, 2.05) is 36.6 Å². The summed E-state index contributed by atoms with van der Waals surface area (Å²) in [6.45, 7) is 2.65. The molecule has 1 saturated carbocycles. The summed E-state index contributed by atoms with van der Waals surface area (Å²) in [5.74, 6) is 0.622. The van der Waals surface area contributed by atoms with Crippen LogP contribution in [-0.4, -0.2) is 17.4 Å². The van der Waals surface area contributed by atoms with Gasteiger partial charge in [0.2, 0.25) is 5.91 Å². The van der Waals surface area contributed by atoms with Gasteiger partial charge in [-0.25, -0.2) is 4.98 Å².